The van der Waals surface area contributed by atoms with Gasteiger partial charge in [0.1, 0.15) is 0 Å². The van der Waals surface area contributed by atoms with Crippen LogP contribution in [0.4, 0.5) is 11.6 Å². The van der Waals surface area contributed by atoms with E-state index >= 15 is 0 Å². The molecule has 106 valence electrons. The zero-order chi connectivity index (χ0) is 14.8. The van der Waals surface area contributed by atoms with Crippen LogP contribution >= 0.6 is 0 Å². The second-order valence-corrected chi connectivity index (χ2v) is 5.88. The van der Waals surface area contributed by atoms with Crippen molar-refractivity contribution in [1.82, 2.24) is 15.2 Å². The van der Waals surface area contributed by atoms with E-state index in [9.17, 15) is 8.42 Å². The van der Waals surface area contributed by atoms with Crippen molar-refractivity contribution in [3.8, 4) is 0 Å². The first-order valence-corrected chi connectivity index (χ1v) is 7.38. The summed E-state index contributed by atoms with van der Waals surface area (Å²) in [5.41, 5.74) is 2.15. The van der Waals surface area contributed by atoms with Crippen LogP contribution in [-0.2, 0) is 10.0 Å². The molecule has 0 fully saturated rings. The lowest BCUT2D eigenvalue weighted by Crippen LogP contribution is -2.17. The van der Waals surface area contributed by atoms with E-state index in [0.29, 0.717) is 11.1 Å². The molecule has 0 bridgehead atoms. The van der Waals surface area contributed by atoms with Gasteiger partial charge in [0.25, 0.3) is 16.0 Å². The minimum Gasteiger partial charge on any atom is -0.388 e. The number of aromatic nitrogens is 3. The molecule has 8 heteroatoms. The van der Waals surface area contributed by atoms with Crippen molar-refractivity contribution in [2.75, 3.05) is 17.1 Å². The molecule has 0 radical (unpaired) electrons. The molecule has 1 aromatic carbocycles. The Labute approximate surface area is 117 Å². The zero-order valence-electron chi connectivity index (χ0n) is 11.4. The van der Waals surface area contributed by atoms with Gasteiger partial charge in [0.05, 0.1) is 17.3 Å². The third kappa shape index (κ3) is 2.85. The molecule has 0 atom stereocenters. The fraction of sp³-hybridized carbons (Fsp3) is 0.250. The van der Waals surface area contributed by atoms with Crippen LogP contribution in [0.25, 0.3) is 0 Å². The lowest BCUT2D eigenvalue weighted by Gasteiger charge is -2.13. The maximum atomic E-state index is 12.4. The van der Waals surface area contributed by atoms with Gasteiger partial charge in [0, 0.05) is 12.7 Å². The van der Waals surface area contributed by atoms with Gasteiger partial charge >= 0.3 is 0 Å². The number of nitrogens with one attached hydrogen (secondary N) is 2. The molecule has 0 saturated carbocycles. The molecule has 0 amide bonds. The highest BCUT2D eigenvalue weighted by Crippen LogP contribution is 2.25. The Balaban J connectivity index is 2.45. The summed E-state index contributed by atoms with van der Waals surface area (Å²) in [6.45, 7) is 3.49. The Morgan fingerprint density at radius 2 is 1.75 bits per heavy atom. The zero-order valence-corrected chi connectivity index (χ0v) is 12.2. The summed E-state index contributed by atoms with van der Waals surface area (Å²) in [6.07, 6.45) is 2.74. The maximum absolute atomic E-state index is 12.4. The van der Waals surface area contributed by atoms with E-state index in [-0.39, 0.29) is 10.8 Å². The molecule has 2 rings (SSSR count). The molecule has 2 N–H and O–H groups in total. The van der Waals surface area contributed by atoms with Crippen LogP contribution in [0.5, 0.6) is 0 Å². The summed E-state index contributed by atoms with van der Waals surface area (Å²) in [5.74, 6) is -0.0519. The number of hydrogen-bond acceptors (Lipinski definition) is 6. The molecule has 0 aliphatic heterocycles. The molecule has 0 spiro atoms. The number of anilines is 2. The molecule has 0 aliphatic rings. The van der Waals surface area contributed by atoms with Crippen LogP contribution in [0, 0.1) is 13.8 Å². The fourth-order valence-corrected chi connectivity index (χ4v) is 3.39. The van der Waals surface area contributed by atoms with E-state index in [1.165, 1.54) is 12.4 Å². The van der Waals surface area contributed by atoms with Gasteiger partial charge in [-0.1, -0.05) is 0 Å². The van der Waals surface area contributed by atoms with Gasteiger partial charge in [-0.05, 0) is 37.1 Å². The molecule has 7 nitrogen and oxygen atoms in total. The molecule has 0 aliphatic carbocycles. The smallest absolute Gasteiger partial charge is 0.264 e. The second kappa shape index (κ2) is 5.41. The van der Waals surface area contributed by atoms with Gasteiger partial charge in [0.15, 0.2) is 0 Å². The fourth-order valence-electron chi connectivity index (χ4n) is 1.98. The molecule has 2 aromatic rings. The lowest BCUT2D eigenvalue weighted by atomic mass is 10.1. The van der Waals surface area contributed by atoms with Crippen molar-refractivity contribution in [3.63, 3.8) is 0 Å². The molecule has 20 heavy (non-hydrogen) atoms. The minimum atomic E-state index is -3.74. The highest BCUT2D eigenvalue weighted by Gasteiger charge is 2.21. The van der Waals surface area contributed by atoms with E-state index in [4.69, 9.17) is 0 Å². The summed E-state index contributed by atoms with van der Waals surface area (Å²) in [7, 11) is -1.96. The predicted octanol–water partition coefficient (Wildman–Crippen LogP) is 1.33. The molecule has 1 aromatic heterocycles. The van der Waals surface area contributed by atoms with Crippen LogP contribution in [0.2, 0.25) is 0 Å². The monoisotopic (exact) mass is 293 g/mol. The molecule has 0 unspecified atom stereocenters. The van der Waals surface area contributed by atoms with Gasteiger partial charge in [-0.2, -0.15) is 5.10 Å². The van der Waals surface area contributed by atoms with Gasteiger partial charge in [-0.15, -0.1) is 5.10 Å². The first kappa shape index (κ1) is 14.2. The third-order valence-electron chi connectivity index (χ3n) is 2.73. The number of rotatable bonds is 4. The van der Waals surface area contributed by atoms with Crippen LogP contribution < -0.4 is 10.0 Å². The van der Waals surface area contributed by atoms with Crippen molar-refractivity contribution in [3.05, 3.63) is 35.7 Å². The van der Waals surface area contributed by atoms with Crippen LogP contribution in [0.1, 0.15) is 11.1 Å². The molecular weight excluding hydrogens is 278 g/mol. The van der Waals surface area contributed by atoms with Crippen molar-refractivity contribution < 1.29 is 8.42 Å². The van der Waals surface area contributed by atoms with Crippen LogP contribution in [0.3, 0.4) is 0 Å². The van der Waals surface area contributed by atoms with E-state index in [1.54, 1.807) is 33.0 Å². The largest absolute Gasteiger partial charge is 0.388 e. The number of hydrogen-bond donors (Lipinski definition) is 2. The van der Waals surface area contributed by atoms with E-state index in [0.717, 1.165) is 5.69 Å². The average molecular weight is 293 g/mol. The van der Waals surface area contributed by atoms with Gasteiger partial charge in [-0.25, -0.2) is 18.1 Å². The quantitative estimate of drug-likeness (QED) is 0.882. The van der Waals surface area contributed by atoms with Gasteiger partial charge in [0.2, 0.25) is 0 Å². The number of sulfonamides is 1. The Morgan fingerprint density at radius 1 is 1.10 bits per heavy atom. The Hall–Kier alpha value is -2.22. The maximum Gasteiger partial charge on any atom is 0.264 e. The minimum absolute atomic E-state index is 0.0519. The van der Waals surface area contributed by atoms with Crippen LogP contribution in [-0.4, -0.2) is 30.6 Å². The SMILES string of the molecule is CNc1cc(C)c(S(=O)(=O)Nc2nccnn2)c(C)c1. The summed E-state index contributed by atoms with van der Waals surface area (Å²) >= 11 is 0. The summed E-state index contributed by atoms with van der Waals surface area (Å²) < 4.78 is 27.1. The lowest BCUT2D eigenvalue weighted by molar-refractivity contribution is 0.599. The highest BCUT2D eigenvalue weighted by atomic mass is 32.2. The van der Waals surface area contributed by atoms with Gasteiger partial charge < -0.3 is 5.32 Å². The normalized spacial score (nSPS) is 11.2. The van der Waals surface area contributed by atoms with Crippen molar-refractivity contribution in [1.29, 1.82) is 0 Å². The van der Waals surface area contributed by atoms with E-state index in [1.807, 2.05) is 0 Å². The Morgan fingerprint density at radius 3 is 2.25 bits per heavy atom. The summed E-state index contributed by atoms with van der Waals surface area (Å²) in [4.78, 5) is 4.03. The predicted molar refractivity (Wildman–Crippen MR) is 76.1 cm³/mol. The standard InChI is InChI=1S/C12H15N5O2S/c1-8-6-10(13-3)7-9(2)11(8)20(18,19)17-12-14-4-5-15-16-12/h4-7,13H,1-3H3,(H,14,16,17). The van der Waals surface area contributed by atoms with E-state index in [2.05, 4.69) is 25.2 Å². The number of benzene rings is 1. The summed E-state index contributed by atoms with van der Waals surface area (Å²) in [5, 5.41) is 10.2. The highest BCUT2D eigenvalue weighted by molar-refractivity contribution is 7.92. The van der Waals surface area contributed by atoms with E-state index < -0.39 is 10.0 Å². The van der Waals surface area contributed by atoms with Crippen molar-refractivity contribution >= 4 is 21.7 Å². The molecule has 1 heterocycles. The number of nitrogens with zero attached hydrogens (tertiary/aromatic N) is 3. The van der Waals surface area contributed by atoms with Crippen LogP contribution in [0.15, 0.2) is 29.4 Å². The number of aryl methyl sites for hydroxylation is 2. The Kier molecular flexibility index (Phi) is 3.84. The first-order chi connectivity index (χ1) is 9.44. The molecular formula is C12H15N5O2S. The third-order valence-corrected chi connectivity index (χ3v) is 4.36. The topological polar surface area (TPSA) is 96.9 Å². The first-order valence-electron chi connectivity index (χ1n) is 5.89. The summed E-state index contributed by atoms with van der Waals surface area (Å²) in [6, 6.07) is 3.54. The Bertz CT molecular complexity index is 693. The van der Waals surface area contributed by atoms with Gasteiger partial charge in [-0.3, -0.25) is 0 Å². The second-order valence-electron chi connectivity index (χ2n) is 4.26. The average Bonchev–Trinajstić information content (AvgIpc) is 2.37. The molecule has 0 saturated heterocycles. The van der Waals surface area contributed by atoms with Crippen molar-refractivity contribution in [2.45, 2.75) is 18.7 Å². The van der Waals surface area contributed by atoms with Crippen molar-refractivity contribution in [2.24, 2.45) is 0 Å².